The van der Waals surface area contributed by atoms with Crippen molar-refractivity contribution in [2.75, 3.05) is 20.1 Å². The molecule has 1 atom stereocenters. The average molecular weight is 292 g/mol. The minimum atomic E-state index is 0.219. The van der Waals surface area contributed by atoms with E-state index in [1.807, 2.05) is 12.1 Å². The fourth-order valence-electron chi connectivity index (χ4n) is 3.66. The summed E-state index contributed by atoms with van der Waals surface area (Å²) in [6.45, 7) is 4.36. The second-order valence-electron chi connectivity index (χ2n) is 6.23. The van der Waals surface area contributed by atoms with E-state index in [1.54, 1.807) is 11.1 Å². The van der Waals surface area contributed by atoms with Crippen molar-refractivity contribution >= 4 is 11.6 Å². The summed E-state index contributed by atoms with van der Waals surface area (Å²) in [5.74, 6) is 0.638. The third-order valence-electron chi connectivity index (χ3n) is 4.81. The molecule has 108 valence electrons. The number of likely N-dealkylation sites (N-methyl/N-ethyl adjacent to an activating group) is 1. The van der Waals surface area contributed by atoms with E-state index in [2.05, 4.69) is 18.9 Å². The fraction of sp³-hybridized carbons (Fsp3) is 0.529. The first-order valence-electron chi connectivity index (χ1n) is 7.44. The van der Waals surface area contributed by atoms with Gasteiger partial charge in [0.1, 0.15) is 5.75 Å². The summed E-state index contributed by atoms with van der Waals surface area (Å²) < 4.78 is 0. The monoisotopic (exact) mass is 291 g/mol. The molecule has 20 heavy (non-hydrogen) atoms. The van der Waals surface area contributed by atoms with E-state index in [0.717, 1.165) is 19.5 Å². The second-order valence-corrected chi connectivity index (χ2v) is 6.63. The summed E-state index contributed by atoms with van der Waals surface area (Å²) in [5.41, 5.74) is 5.72. The van der Waals surface area contributed by atoms with E-state index in [0.29, 0.717) is 10.9 Å². The third kappa shape index (κ3) is 2.47. The van der Waals surface area contributed by atoms with Gasteiger partial charge in [0.25, 0.3) is 0 Å². The summed E-state index contributed by atoms with van der Waals surface area (Å²) in [6.07, 6.45) is 4.71. The molecule has 1 N–H and O–H groups in total. The van der Waals surface area contributed by atoms with Gasteiger partial charge in [0, 0.05) is 19.0 Å². The van der Waals surface area contributed by atoms with Gasteiger partial charge in [-0.25, -0.2) is 0 Å². The van der Waals surface area contributed by atoms with Gasteiger partial charge in [-0.2, -0.15) is 0 Å². The topological polar surface area (TPSA) is 23.5 Å². The Morgan fingerprint density at radius 1 is 1.25 bits per heavy atom. The predicted octanol–water partition coefficient (Wildman–Crippen LogP) is 4.12. The van der Waals surface area contributed by atoms with Crippen LogP contribution in [0.1, 0.15) is 43.2 Å². The van der Waals surface area contributed by atoms with E-state index in [-0.39, 0.29) is 5.75 Å². The van der Waals surface area contributed by atoms with Gasteiger partial charge < -0.3 is 10.0 Å². The molecule has 1 aromatic rings. The predicted molar refractivity (Wildman–Crippen MR) is 83.6 cm³/mol. The van der Waals surface area contributed by atoms with Crippen LogP contribution in [0.4, 0.5) is 0 Å². The molecule has 0 fully saturated rings. The Morgan fingerprint density at radius 3 is 2.75 bits per heavy atom. The molecule has 0 saturated carbocycles. The van der Waals surface area contributed by atoms with Crippen LogP contribution < -0.4 is 0 Å². The smallest absolute Gasteiger partial charge is 0.134 e. The van der Waals surface area contributed by atoms with Crippen molar-refractivity contribution in [3.63, 3.8) is 0 Å². The lowest BCUT2D eigenvalue weighted by Gasteiger charge is -2.24. The molecule has 0 radical (unpaired) electrons. The van der Waals surface area contributed by atoms with E-state index in [4.69, 9.17) is 11.6 Å². The summed E-state index contributed by atoms with van der Waals surface area (Å²) in [7, 11) is 2.19. The van der Waals surface area contributed by atoms with Crippen LogP contribution in [-0.2, 0) is 6.42 Å². The van der Waals surface area contributed by atoms with Crippen LogP contribution >= 0.6 is 11.6 Å². The van der Waals surface area contributed by atoms with Crippen molar-refractivity contribution in [3.05, 3.63) is 39.4 Å². The molecular formula is C17H22ClNO. The van der Waals surface area contributed by atoms with Crippen molar-refractivity contribution in [3.8, 4) is 5.75 Å². The minimum absolute atomic E-state index is 0.219. The molecule has 0 saturated heterocycles. The highest BCUT2D eigenvalue weighted by Crippen LogP contribution is 2.42. The van der Waals surface area contributed by atoms with Crippen molar-refractivity contribution < 1.29 is 5.11 Å². The number of phenols is 1. The van der Waals surface area contributed by atoms with Crippen molar-refractivity contribution in [2.45, 2.75) is 38.5 Å². The minimum Gasteiger partial charge on any atom is -0.506 e. The molecule has 1 aliphatic carbocycles. The summed E-state index contributed by atoms with van der Waals surface area (Å²) in [4.78, 5) is 2.40. The van der Waals surface area contributed by atoms with E-state index in [9.17, 15) is 5.11 Å². The van der Waals surface area contributed by atoms with Gasteiger partial charge in [-0.05, 0) is 62.9 Å². The maximum atomic E-state index is 10.00. The number of nitrogens with zero attached hydrogens (tertiary/aromatic N) is 1. The zero-order chi connectivity index (χ0) is 14.3. The van der Waals surface area contributed by atoms with Gasteiger partial charge in [-0.3, -0.25) is 0 Å². The number of hydrogen-bond acceptors (Lipinski definition) is 2. The lowest BCUT2D eigenvalue weighted by Crippen LogP contribution is -2.24. The Balaban J connectivity index is 2.10. The number of aromatic hydroxyl groups is 1. The number of benzene rings is 1. The molecular weight excluding hydrogens is 270 g/mol. The Labute approximate surface area is 126 Å². The van der Waals surface area contributed by atoms with Gasteiger partial charge in [0.2, 0.25) is 0 Å². The van der Waals surface area contributed by atoms with E-state index in [1.165, 1.54) is 30.4 Å². The lowest BCUT2D eigenvalue weighted by molar-refractivity contribution is 0.335. The summed E-state index contributed by atoms with van der Waals surface area (Å²) >= 11 is 6.10. The molecule has 1 aliphatic heterocycles. The van der Waals surface area contributed by atoms with Crippen LogP contribution in [-0.4, -0.2) is 30.1 Å². The number of allylic oxidation sites excluding steroid dienone is 1. The van der Waals surface area contributed by atoms with Gasteiger partial charge in [0.05, 0.1) is 5.02 Å². The Morgan fingerprint density at radius 2 is 2.05 bits per heavy atom. The van der Waals surface area contributed by atoms with E-state index < -0.39 is 0 Å². The number of hydrogen-bond donors (Lipinski definition) is 1. The lowest BCUT2D eigenvalue weighted by atomic mass is 9.86. The number of fused-ring (bicyclic) bond motifs is 1. The van der Waals surface area contributed by atoms with Crippen LogP contribution in [0, 0.1) is 0 Å². The third-order valence-corrected chi connectivity index (χ3v) is 5.11. The normalized spacial score (nSPS) is 23.9. The highest BCUT2D eigenvalue weighted by molar-refractivity contribution is 6.32. The quantitative estimate of drug-likeness (QED) is 0.787. The summed E-state index contributed by atoms with van der Waals surface area (Å²) in [6, 6.07) is 3.86. The molecule has 0 bridgehead atoms. The highest BCUT2D eigenvalue weighted by Gasteiger charge is 2.28. The van der Waals surface area contributed by atoms with Gasteiger partial charge in [-0.15, -0.1) is 0 Å². The Kier molecular flexibility index (Phi) is 3.78. The fourth-order valence-corrected chi connectivity index (χ4v) is 3.85. The Hall–Kier alpha value is -0.990. The van der Waals surface area contributed by atoms with Crippen molar-refractivity contribution in [1.29, 1.82) is 0 Å². The number of rotatable bonds is 1. The molecule has 3 rings (SSSR count). The molecule has 1 heterocycles. The van der Waals surface area contributed by atoms with Crippen molar-refractivity contribution in [2.24, 2.45) is 0 Å². The molecule has 2 aliphatic rings. The van der Waals surface area contributed by atoms with Crippen LogP contribution in [0.3, 0.4) is 0 Å². The first kappa shape index (κ1) is 14.0. The van der Waals surface area contributed by atoms with Gasteiger partial charge in [0.15, 0.2) is 0 Å². The second kappa shape index (κ2) is 5.42. The molecule has 0 amide bonds. The highest BCUT2D eigenvalue weighted by atomic mass is 35.5. The molecule has 0 spiro atoms. The SMILES string of the molecule is CC1=C([C@H]2CN(C)CCc3cc(Cl)c(O)cc32)CCC1. The molecule has 3 heteroatoms. The van der Waals surface area contributed by atoms with Gasteiger partial charge >= 0.3 is 0 Å². The zero-order valence-electron chi connectivity index (χ0n) is 12.2. The molecule has 0 aromatic heterocycles. The maximum absolute atomic E-state index is 10.00. The molecule has 1 aromatic carbocycles. The van der Waals surface area contributed by atoms with Crippen LogP contribution in [0.2, 0.25) is 5.02 Å². The average Bonchev–Trinajstić information content (AvgIpc) is 2.76. The Bertz CT molecular complexity index is 564. The summed E-state index contributed by atoms with van der Waals surface area (Å²) in [5, 5.41) is 10.5. The number of halogens is 1. The first-order chi connectivity index (χ1) is 9.56. The number of phenolic OH excluding ortho intramolecular Hbond substituents is 1. The maximum Gasteiger partial charge on any atom is 0.134 e. The molecule has 2 nitrogen and oxygen atoms in total. The molecule has 0 unspecified atom stereocenters. The largest absolute Gasteiger partial charge is 0.506 e. The van der Waals surface area contributed by atoms with Crippen LogP contribution in [0.15, 0.2) is 23.3 Å². The van der Waals surface area contributed by atoms with Gasteiger partial charge in [-0.1, -0.05) is 22.7 Å². The van der Waals surface area contributed by atoms with Crippen molar-refractivity contribution in [1.82, 2.24) is 4.90 Å². The van der Waals surface area contributed by atoms with Crippen LogP contribution in [0.25, 0.3) is 0 Å². The standard InChI is InChI=1S/C17H22ClNO/c1-11-4-3-5-13(11)15-10-19(2)7-6-12-8-16(18)17(20)9-14(12)15/h8-9,15,20H,3-7,10H2,1-2H3/t15-/m1/s1. The zero-order valence-corrected chi connectivity index (χ0v) is 13.0. The first-order valence-corrected chi connectivity index (χ1v) is 7.82. The van der Waals surface area contributed by atoms with E-state index >= 15 is 0 Å². The van der Waals surface area contributed by atoms with Crippen LogP contribution in [0.5, 0.6) is 5.75 Å².